The lowest BCUT2D eigenvalue weighted by Gasteiger charge is -2.31. The van der Waals surface area contributed by atoms with Gasteiger partial charge in [-0.15, -0.1) is 0 Å². The van der Waals surface area contributed by atoms with E-state index in [4.69, 9.17) is 5.73 Å². The Morgan fingerprint density at radius 2 is 1.88 bits per heavy atom. The molecule has 0 fully saturated rings. The average Bonchev–Trinajstić information content (AvgIpc) is 2.29. The van der Waals surface area contributed by atoms with Crippen molar-refractivity contribution in [1.82, 2.24) is 9.97 Å². The highest BCUT2D eigenvalue weighted by Crippen LogP contribution is 2.30. The second-order valence-electron chi connectivity index (χ2n) is 4.69. The zero-order valence-corrected chi connectivity index (χ0v) is 11.6. The molecule has 96 valence electrons. The number of nitrogens with two attached hydrogens (primary N) is 1. The first-order valence-electron chi connectivity index (χ1n) is 6.39. The van der Waals surface area contributed by atoms with Crippen LogP contribution in [0.25, 0.3) is 0 Å². The summed E-state index contributed by atoms with van der Waals surface area (Å²) in [6.07, 6.45) is 2.65. The quantitative estimate of drug-likeness (QED) is 0.854. The van der Waals surface area contributed by atoms with E-state index in [1.807, 2.05) is 0 Å². The van der Waals surface area contributed by atoms with Crippen LogP contribution >= 0.6 is 0 Å². The van der Waals surface area contributed by atoms with E-state index in [1.54, 1.807) is 6.33 Å². The fourth-order valence-corrected chi connectivity index (χ4v) is 2.07. The van der Waals surface area contributed by atoms with Crippen LogP contribution in [0, 0.1) is 0 Å². The monoisotopic (exact) mass is 236 g/mol. The van der Waals surface area contributed by atoms with Crippen LogP contribution in [-0.4, -0.2) is 22.6 Å². The first-order valence-corrected chi connectivity index (χ1v) is 6.39. The normalized spacial score (nSPS) is 12.8. The van der Waals surface area contributed by atoms with Crippen LogP contribution in [0.3, 0.4) is 0 Å². The van der Waals surface area contributed by atoms with Gasteiger partial charge in [-0.25, -0.2) is 9.97 Å². The highest BCUT2D eigenvalue weighted by molar-refractivity contribution is 5.58. The van der Waals surface area contributed by atoms with Crippen molar-refractivity contribution >= 4 is 11.6 Å². The van der Waals surface area contributed by atoms with E-state index < -0.39 is 0 Å². The first-order chi connectivity index (χ1) is 8.02. The zero-order valence-electron chi connectivity index (χ0n) is 11.6. The van der Waals surface area contributed by atoms with E-state index >= 15 is 0 Å². The van der Waals surface area contributed by atoms with Gasteiger partial charge in [0.05, 0.1) is 0 Å². The molecule has 0 spiro atoms. The van der Waals surface area contributed by atoms with Crippen molar-refractivity contribution in [3.05, 3.63) is 11.9 Å². The summed E-state index contributed by atoms with van der Waals surface area (Å²) in [4.78, 5) is 10.8. The smallest absolute Gasteiger partial charge is 0.137 e. The summed E-state index contributed by atoms with van der Waals surface area (Å²) in [6, 6.07) is 0.465. The van der Waals surface area contributed by atoms with Gasteiger partial charge in [-0.2, -0.15) is 0 Å². The number of nitrogens with zero attached hydrogens (tertiary/aromatic N) is 3. The molecule has 1 atom stereocenters. The van der Waals surface area contributed by atoms with Gasteiger partial charge in [0, 0.05) is 18.2 Å². The fourth-order valence-electron chi connectivity index (χ4n) is 2.07. The Labute approximate surface area is 104 Å². The predicted octanol–water partition coefficient (Wildman–Crippen LogP) is 2.81. The first kappa shape index (κ1) is 13.7. The van der Waals surface area contributed by atoms with Gasteiger partial charge in [0.2, 0.25) is 0 Å². The Morgan fingerprint density at radius 3 is 2.35 bits per heavy atom. The molecule has 1 unspecified atom stereocenters. The summed E-state index contributed by atoms with van der Waals surface area (Å²) in [5.74, 6) is 1.93. The summed E-state index contributed by atoms with van der Waals surface area (Å²) >= 11 is 0. The summed E-state index contributed by atoms with van der Waals surface area (Å²) in [6.45, 7) is 11.7. The third-order valence-corrected chi connectivity index (χ3v) is 3.21. The van der Waals surface area contributed by atoms with Gasteiger partial charge < -0.3 is 10.6 Å². The molecule has 2 N–H and O–H groups in total. The molecule has 0 aromatic carbocycles. The minimum absolute atomic E-state index is 0.337. The number of aromatic nitrogens is 2. The van der Waals surface area contributed by atoms with Crippen molar-refractivity contribution < 1.29 is 0 Å². The molecule has 0 aliphatic rings. The standard InChI is InChI=1S/C13H24N4/c1-6-10(5)17(7-2)13-11(9(3)4)12(14)15-8-16-13/h8-10H,6-7H2,1-5H3,(H2,14,15,16). The lowest BCUT2D eigenvalue weighted by atomic mass is 10.0. The lowest BCUT2D eigenvalue weighted by molar-refractivity contribution is 0.616. The lowest BCUT2D eigenvalue weighted by Crippen LogP contribution is -2.34. The number of hydrogen-bond acceptors (Lipinski definition) is 4. The second-order valence-corrected chi connectivity index (χ2v) is 4.69. The SMILES string of the molecule is CCC(C)N(CC)c1ncnc(N)c1C(C)C. The van der Waals surface area contributed by atoms with Gasteiger partial charge >= 0.3 is 0 Å². The molecular weight excluding hydrogens is 212 g/mol. The van der Waals surface area contributed by atoms with Gasteiger partial charge in [-0.05, 0) is 26.2 Å². The Balaban J connectivity index is 3.23. The van der Waals surface area contributed by atoms with Crippen molar-refractivity contribution in [2.24, 2.45) is 0 Å². The van der Waals surface area contributed by atoms with Gasteiger partial charge in [0.15, 0.2) is 0 Å². The summed E-state index contributed by atoms with van der Waals surface area (Å²) < 4.78 is 0. The van der Waals surface area contributed by atoms with Crippen LogP contribution in [0.4, 0.5) is 11.6 Å². The van der Waals surface area contributed by atoms with Crippen LogP contribution < -0.4 is 10.6 Å². The topological polar surface area (TPSA) is 55.0 Å². The van der Waals surface area contributed by atoms with Gasteiger partial charge in [0.1, 0.15) is 18.0 Å². The van der Waals surface area contributed by atoms with E-state index in [0.717, 1.165) is 24.3 Å². The minimum Gasteiger partial charge on any atom is -0.383 e. The molecule has 0 amide bonds. The molecule has 1 heterocycles. The third kappa shape index (κ3) is 2.87. The van der Waals surface area contributed by atoms with Crippen molar-refractivity contribution in [3.63, 3.8) is 0 Å². The number of anilines is 2. The van der Waals surface area contributed by atoms with E-state index in [2.05, 4.69) is 49.5 Å². The molecule has 1 rings (SSSR count). The van der Waals surface area contributed by atoms with Crippen molar-refractivity contribution in [2.45, 2.75) is 53.0 Å². The second kappa shape index (κ2) is 5.84. The maximum absolute atomic E-state index is 5.98. The van der Waals surface area contributed by atoms with Crippen LogP contribution in [0.15, 0.2) is 6.33 Å². The number of hydrogen-bond donors (Lipinski definition) is 1. The third-order valence-electron chi connectivity index (χ3n) is 3.21. The molecule has 17 heavy (non-hydrogen) atoms. The van der Waals surface area contributed by atoms with Crippen molar-refractivity contribution in [1.29, 1.82) is 0 Å². The molecule has 0 aliphatic heterocycles. The van der Waals surface area contributed by atoms with Crippen LogP contribution in [0.5, 0.6) is 0 Å². The summed E-state index contributed by atoms with van der Waals surface area (Å²) in [5.41, 5.74) is 7.04. The van der Waals surface area contributed by atoms with Gasteiger partial charge in [-0.1, -0.05) is 20.8 Å². The molecule has 4 nitrogen and oxygen atoms in total. The molecule has 0 aliphatic carbocycles. The van der Waals surface area contributed by atoms with E-state index in [-0.39, 0.29) is 0 Å². The Bertz CT molecular complexity index is 362. The maximum atomic E-state index is 5.98. The van der Waals surface area contributed by atoms with Crippen molar-refractivity contribution in [2.75, 3.05) is 17.2 Å². The van der Waals surface area contributed by atoms with E-state index in [0.29, 0.717) is 17.8 Å². The van der Waals surface area contributed by atoms with Gasteiger partial charge in [0.25, 0.3) is 0 Å². The van der Waals surface area contributed by atoms with Gasteiger partial charge in [-0.3, -0.25) is 0 Å². The Morgan fingerprint density at radius 1 is 1.24 bits per heavy atom. The summed E-state index contributed by atoms with van der Waals surface area (Å²) in [7, 11) is 0. The van der Waals surface area contributed by atoms with E-state index in [1.165, 1.54) is 0 Å². The Kier molecular flexibility index (Phi) is 4.73. The minimum atomic E-state index is 0.337. The number of nitrogen functional groups attached to an aromatic ring is 1. The van der Waals surface area contributed by atoms with Crippen LogP contribution in [0.1, 0.15) is 52.5 Å². The Hall–Kier alpha value is -1.32. The largest absolute Gasteiger partial charge is 0.383 e. The molecule has 0 saturated heterocycles. The summed E-state index contributed by atoms with van der Waals surface area (Å²) in [5, 5.41) is 0. The highest BCUT2D eigenvalue weighted by atomic mass is 15.2. The molecule has 0 bridgehead atoms. The average molecular weight is 236 g/mol. The molecule has 0 saturated carbocycles. The maximum Gasteiger partial charge on any atom is 0.137 e. The molecular formula is C13H24N4. The molecule has 4 heteroatoms. The highest BCUT2D eigenvalue weighted by Gasteiger charge is 2.20. The zero-order chi connectivity index (χ0) is 13.0. The van der Waals surface area contributed by atoms with Crippen LogP contribution in [0.2, 0.25) is 0 Å². The number of rotatable bonds is 5. The fraction of sp³-hybridized carbons (Fsp3) is 0.692. The van der Waals surface area contributed by atoms with Crippen LogP contribution in [-0.2, 0) is 0 Å². The predicted molar refractivity (Wildman–Crippen MR) is 73.3 cm³/mol. The van der Waals surface area contributed by atoms with Crippen molar-refractivity contribution in [3.8, 4) is 0 Å². The molecule has 1 aromatic heterocycles. The molecule has 0 radical (unpaired) electrons. The molecule has 1 aromatic rings. The van der Waals surface area contributed by atoms with E-state index in [9.17, 15) is 0 Å².